The fourth-order valence-electron chi connectivity index (χ4n) is 3.46. The summed E-state index contributed by atoms with van der Waals surface area (Å²) in [6.07, 6.45) is 2.49. The van der Waals surface area contributed by atoms with E-state index in [4.69, 9.17) is 16.4 Å². The largest absolute Gasteiger partial charge is 0.365 e. The van der Waals surface area contributed by atoms with E-state index in [9.17, 15) is 22.8 Å². The van der Waals surface area contributed by atoms with Gasteiger partial charge in [-0.1, -0.05) is 35.2 Å². The number of hydrogen-bond donors (Lipinski definition) is 0. The lowest BCUT2D eigenvalue weighted by Gasteiger charge is -2.26. The molecule has 10 heteroatoms. The van der Waals surface area contributed by atoms with E-state index < -0.39 is 27.8 Å². The molecule has 0 unspecified atom stereocenters. The molecule has 0 radical (unpaired) electrons. The highest BCUT2D eigenvalue weighted by Gasteiger charge is 2.39. The van der Waals surface area contributed by atoms with E-state index in [1.165, 1.54) is 28.6 Å². The highest BCUT2D eigenvalue weighted by atomic mass is 35.5. The molecular formula is C20H17ClN2O6S. The van der Waals surface area contributed by atoms with Crippen LogP contribution in [0.15, 0.2) is 47.4 Å². The summed E-state index contributed by atoms with van der Waals surface area (Å²) in [6.45, 7) is 0.805. The second kappa shape index (κ2) is 7.82. The minimum atomic E-state index is -3.81. The Bertz CT molecular complexity index is 1120. The van der Waals surface area contributed by atoms with Gasteiger partial charge in [0.15, 0.2) is 0 Å². The van der Waals surface area contributed by atoms with E-state index in [0.717, 1.165) is 25.3 Å². The van der Waals surface area contributed by atoms with Crippen LogP contribution in [0.1, 0.15) is 50.3 Å². The summed E-state index contributed by atoms with van der Waals surface area (Å²) in [7, 11) is -3.81. The van der Waals surface area contributed by atoms with Crippen molar-refractivity contribution in [3.05, 3.63) is 64.2 Å². The normalized spacial score (nSPS) is 17.2. The van der Waals surface area contributed by atoms with Gasteiger partial charge in [0.25, 0.3) is 11.8 Å². The first-order valence-electron chi connectivity index (χ1n) is 9.30. The van der Waals surface area contributed by atoms with Crippen LogP contribution in [0.5, 0.6) is 0 Å². The van der Waals surface area contributed by atoms with Gasteiger partial charge in [-0.2, -0.15) is 4.31 Å². The number of benzene rings is 2. The number of imide groups is 1. The molecule has 0 bridgehead atoms. The summed E-state index contributed by atoms with van der Waals surface area (Å²) in [5, 5.41) is 0.295. The van der Waals surface area contributed by atoms with Crippen molar-refractivity contribution in [2.45, 2.75) is 24.2 Å². The highest BCUT2D eigenvalue weighted by molar-refractivity contribution is 7.89. The lowest BCUT2D eigenvalue weighted by molar-refractivity contribution is -0.0584. The van der Waals surface area contributed by atoms with E-state index in [2.05, 4.69) is 0 Å². The molecular weight excluding hydrogens is 432 g/mol. The van der Waals surface area contributed by atoms with Crippen LogP contribution in [-0.4, -0.2) is 48.7 Å². The molecule has 0 spiro atoms. The SMILES string of the molecule is O=C(ON1C(=O)c2ccccc2C1=O)c1cc(S(=O)(=O)N2CCCCC2)ccc1Cl. The average Bonchev–Trinajstić information content (AvgIpc) is 2.99. The van der Waals surface area contributed by atoms with E-state index in [1.54, 1.807) is 12.1 Å². The molecule has 1 fully saturated rings. The number of fused-ring (bicyclic) bond motifs is 1. The van der Waals surface area contributed by atoms with Crippen LogP contribution in [0.3, 0.4) is 0 Å². The third-order valence-electron chi connectivity index (χ3n) is 5.04. The monoisotopic (exact) mass is 448 g/mol. The number of rotatable bonds is 4. The van der Waals surface area contributed by atoms with Gasteiger partial charge in [0.05, 0.1) is 26.6 Å². The van der Waals surface area contributed by atoms with Crippen LogP contribution in [0.25, 0.3) is 0 Å². The topological polar surface area (TPSA) is 101 Å². The van der Waals surface area contributed by atoms with Crippen molar-refractivity contribution >= 4 is 39.4 Å². The lowest BCUT2D eigenvalue weighted by atomic mass is 10.1. The first-order valence-corrected chi connectivity index (χ1v) is 11.1. The smallest absolute Gasteiger partial charge is 0.324 e. The predicted octanol–water partition coefficient (Wildman–Crippen LogP) is 2.88. The summed E-state index contributed by atoms with van der Waals surface area (Å²) in [5.41, 5.74) is -0.0306. The number of carbonyl (C=O) groups is 3. The number of halogens is 1. The van der Waals surface area contributed by atoms with E-state index in [-0.39, 0.29) is 26.6 Å². The first-order chi connectivity index (χ1) is 14.3. The maximum absolute atomic E-state index is 12.9. The van der Waals surface area contributed by atoms with Crippen LogP contribution in [0.2, 0.25) is 5.02 Å². The van der Waals surface area contributed by atoms with E-state index in [0.29, 0.717) is 18.2 Å². The van der Waals surface area contributed by atoms with E-state index in [1.807, 2.05) is 0 Å². The van der Waals surface area contributed by atoms with Crippen molar-refractivity contribution in [1.29, 1.82) is 0 Å². The Hall–Kier alpha value is -2.75. The van der Waals surface area contributed by atoms with Crippen molar-refractivity contribution in [3.63, 3.8) is 0 Å². The second-order valence-electron chi connectivity index (χ2n) is 6.94. The van der Waals surface area contributed by atoms with Gasteiger partial charge in [-0.25, -0.2) is 13.2 Å². The fourth-order valence-corrected chi connectivity index (χ4v) is 5.20. The predicted molar refractivity (Wildman–Crippen MR) is 106 cm³/mol. The van der Waals surface area contributed by atoms with Crippen molar-refractivity contribution in [2.75, 3.05) is 13.1 Å². The van der Waals surface area contributed by atoms with Gasteiger partial charge in [0.1, 0.15) is 0 Å². The number of sulfonamides is 1. The van der Waals surface area contributed by atoms with Gasteiger partial charge in [0.2, 0.25) is 10.0 Å². The molecule has 8 nitrogen and oxygen atoms in total. The zero-order chi connectivity index (χ0) is 21.5. The summed E-state index contributed by atoms with van der Waals surface area (Å²) in [5.74, 6) is -2.67. The van der Waals surface area contributed by atoms with Crippen molar-refractivity contribution in [1.82, 2.24) is 9.37 Å². The molecule has 4 rings (SSSR count). The number of piperidine rings is 1. The zero-order valence-corrected chi connectivity index (χ0v) is 17.3. The zero-order valence-electron chi connectivity index (χ0n) is 15.7. The Balaban J connectivity index is 1.60. The third kappa shape index (κ3) is 3.49. The first kappa shape index (κ1) is 20.5. The van der Waals surface area contributed by atoms with Crippen molar-refractivity contribution in [3.8, 4) is 0 Å². The number of carbonyl (C=O) groups excluding carboxylic acids is 3. The quantitative estimate of drug-likeness (QED) is 0.666. The summed E-state index contributed by atoms with van der Waals surface area (Å²) < 4.78 is 27.1. The van der Waals surface area contributed by atoms with Gasteiger partial charge in [-0.05, 0) is 43.2 Å². The molecule has 2 amide bonds. The van der Waals surface area contributed by atoms with Gasteiger partial charge >= 0.3 is 5.97 Å². The minimum Gasteiger partial charge on any atom is -0.324 e. The Morgan fingerprint density at radius 3 is 2.13 bits per heavy atom. The van der Waals surface area contributed by atoms with Gasteiger partial charge in [0, 0.05) is 13.1 Å². The molecule has 0 N–H and O–H groups in total. The Morgan fingerprint density at radius 1 is 0.933 bits per heavy atom. The molecule has 1 saturated heterocycles. The highest BCUT2D eigenvalue weighted by Crippen LogP contribution is 2.28. The standard InChI is InChI=1S/C20H17ClN2O6S/c21-17-9-8-13(30(27,28)22-10-4-1-5-11-22)12-16(17)20(26)29-23-18(24)14-6-2-3-7-15(14)19(23)25/h2-3,6-9,12H,1,4-5,10-11H2. The minimum absolute atomic E-state index is 0.0609. The molecule has 2 aliphatic heterocycles. The van der Waals surface area contributed by atoms with Crippen LogP contribution >= 0.6 is 11.6 Å². The van der Waals surface area contributed by atoms with Crippen molar-refractivity contribution in [2.24, 2.45) is 0 Å². The Labute approximate surface area is 178 Å². The number of hydrogen-bond acceptors (Lipinski definition) is 6. The fraction of sp³-hybridized carbons (Fsp3) is 0.250. The molecule has 2 aromatic carbocycles. The van der Waals surface area contributed by atoms with Crippen LogP contribution in [0.4, 0.5) is 0 Å². The summed E-state index contributed by atoms with van der Waals surface area (Å²) >= 11 is 6.08. The maximum Gasteiger partial charge on any atom is 0.365 e. The summed E-state index contributed by atoms with van der Waals surface area (Å²) in [4.78, 5) is 42.3. The van der Waals surface area contributed by atoms with Gasteiger partial charge in [-0.3, -0.25) is 9.59 Å². The average molecular weight is 449 g/mol. The number of hydroxylamine groups is 2. The Kier molecular flexibility index (Phi) is 5.35. The summed E-state index contributed by atoms with van der Waals surface area (Å²) in [6, 6.07) is 9.75. The molecule has 0 atom stereocenters. The van der Waals surface area contributed by atoms with Crippen LogP contribution < -0.4 is 0 Å². The molecule has 2 aromatic rings. The maximum atomic E-state index is 12.9. The molecule has 0 aliphatic carbocycles. The number of amides is 2. The van der Waals surface area contributed by atoms with Gasteiger partial charge < -0.3 is 4.84 Å². The third-order valence-corrected chi connectivity index (χ3v) is 7.27. The van der Waals surface area contributed by atoms with Crippen LogP contribution in [0, 0.1) is 0 Å². The molecule has 2 heterocycles. The molecule has 156 valence electrons. The second-order valence-corrected chi connectivity index (χ2v) is 9.28. The molecule has 30 heavy (non-hydrogen) atoms. The van der Waals surface area contributed by atoms with E-state index >= 15 is 0 Å². The van der Waals surface area contributed by atoms with Crippen LogP contribution in [-0.2, 0) is 14.9 Å². The molecule has 0 saturated carbocycles. The lowest BCUT2D eigenvalue weighted by Crippen LogP contribution is -2.36. The number of nitrogens with zero attached hydrogens (tertiary/aromatic N) is 2. The Morgan fingerprint density at radius 2 is 1.53 bits per heavy atom. The van der Waals surface area contributed by atoms with Gasteiger partial charge in [-0.15, -0.1) is 0 Å². The molecule has 0 aromatic heterocycles. The van der Waals surface area contributed by atoms with Crippen molar-refractivity contribution < 1.29 is 27.6 Å². The molecule has 2 aliphatic rings.